The van der Waals surface area contributed by atoms with E-state index in [0.717, 1.165) is 30.6 Å². The Morgan fingerprint density at radius 1 is 0.950 bits per heavy atom. The predicted octanol–water partition coefficient (Wildman–Crippen LogP) is 3.20. The van der Waals surface area contributed by atoms with Gasteiger partial charge in [0.15, 0.2) is 0 Å². The summed E-state index contributed by atoms with van der Waals surface area (Å²) >= 11 is 0. The van der Waals surface area contributed by atoms with E-state index < -0.39 is 0 Å². The van der Waals surface area contributed by atoms with Gasteiger partial charge in [-0.3, -0.25) is 0 Å². The minimum Gasteiger partial charge on any atom is -0.507 e. The highest BCUT2D eigenvalue weighted by atomic mass is 16.3. The van der Waals surface area contributed by atoms with Gasteiger partial charge in [0.25, 0.3) is 0 Å². The molecule has 0 unspecified atom stereocenters. The number of hydrogen-bond donors (Lipinski definition) is 1. The zero-order chi connectivity index (χ0) is 15.5. The summed E-state index contributed by atoms with van der Waals surface area (Å²) in [7, 11) is 8.12. The molecule has 0 aliphatic carbocycles. The van der Waals surface area contributed by atoms with E-state index in [1.54, 1.807) is 0 Å². The van der Waals surface area contributed by atoms with Crippen LogP contribution in [-0.2, 0) is 18.5 Å². The first-order valence-electron chi connectivity index (χ1n) is 7.32. The van der Waals surface area contributed by atoms with Crippen molar-refractivity contribution in [3.05, 3.63) is 28.8 Å². The van der Waals surface area contributed by atoms with Crippen LogP contribution in [-0.4, -0.2) is 43.1 Å². The summed E-state index contributed by atoms with van der Waals surface area (Å²) in [6.07, 6.45) is 1.08. The van der Waals surface area contributed by atoms with E-state index in [-0.39, 0.29) is 5.41 Å². The molecule has 0 aromatic heterocycles. The molecule has 0 radical (unpaired) electrons. The van der Waals surface area contributed by atoms with Crippen LogP contribution in [0, 0.1) is 0 Å². The molecule has 0 amide bonds. The number of phenolic OH excluding ortho intramolecular Hbond substituents is 1. The van der Waals surface area contributed by atoms with E-state index in [4.69, 9.17) is 0 Å². The van der Waals surface area contributed by atoms with Gasteiger partial charge < -0.3 is 14.9 Å². The summed E-state index contributed by atoms with van der Waals surface area (Å²) in [6, 6.07) is 4.33. The van der Waals surface area contributed by atoms with E-state index >= 15 is 0 Å². The van der Waals surface area contributed by atoms with E-state index in [1.807, 2.05) is 28.2 Å². The van der Waals surface area contributed by atoms with Gasteiger partial charge in [0.05, 0.1) is 0 Å². The summed E-state index contributed by atoms with van der Waals surface area (Å²) in [5.74, 6) is 0.447. The van der Waals surface area contributed by atoms with E-state index in [0.29, 0.717) is 5.75 Å². The lowest BCUT2D eigenvalue weighted by Crippen LogP contribution is -2.19. The number of phenols is 1. The van der Waals surface area contributed by atoms with Gasteiger partial charge in [-0.2, -0.15) is 0 Å². The van der Waals surface area contributed by atoms with Crippen molar-refractivity contribution in [2.24, 2.45) is 0 Å². The molecule has 1 aromatic rings. The Labute approximate surface area is 124 Å². The third kappa shape index (κ3) is 4.22. The van der Waals surface area contributed by atoms with Crippen LogP contribution < -0.4 is 0 Å². The fourth-order valence-corrected chi connectivity index (χ4v) is 2.28. The maximum Gasteiger partial charge on any atom is 0.124 e. The average molecular weight is 278 g/mol. The van der Waals surface area contributed by atoms with Gasteiger partial charge in [-0.25, -0.2) is 0 Å². The fourth-order valence-electron chi connectivity index (χ4n) is 2.28. The van der Waals surface area contributed by atoms with Crippen LogP contribution in [0.2, 0.25) is 0 Å². The highest BCUT2D eigenvalue weighted by molar-refractivity contribution is 5.45. The summed E-state index contributed by atoms with van der Waals surface area (Å²) in [5.41, 5.74) is 3.48. The maximum atomic E-state index is 10.5. The normalized spacial score (nSPS) is 12.4. The Morgan fingerprint density at radius 2 is 1.35 bits per heavy atom. The lowest BCUT2D eigenvalue weighted by Gasteiger charge is -2.27. The maximum absolute atomic E-state index is 10.5. The number of aromatic hydroxyl groups is 1. The topological polar surface area (TPSA) is 26.7 Å². The molecule has 114 valence electrons. The quantitative estimate of drug-likeness (QED) is 0.865. The molecular weight excluding hydrogens is 248 g/mol. The lowest BCUT2D eigenvalue weighted by atomic mass is 9.80. The van der Waals surface area contributed by atoms with E-state index in [1.165, 1.54) is 5.56 Å². The zero-order valence-electron chi connectivity index (χ0n) is 14.1. The van der Waals surface area contributed by atoms with Crippen LogP contribution in [0.25, 0.3) is 0 Å². The van der Waals surface area contributed by atoms with Crippen LogP contribution in [0.1, 0.15) is 43.9 Å². The summed E-state index contributed by atoms with van der Waals surface area (Å²) in [5, 5.41) is 10.5. The molecule has 3 heteroatoms. The van der Waals surface area contributed by atoms with Crippen LogP contribution in [0.5, 0.6) is 5.75 Å². The molecule has 0 aliphatic rings. The van der Waals surface area contributed by atoms with Gasteiger partial charge in [0.1, 0.15) is 5.75 Å². The Balaban J connectivity index is 3.33. The SMILES string of the molecule is CCC(C)(C)c1cc(CN(C)C)c(O)c(CN(C)C)c1. The van der Waals surface area contributed by atoms with E-state index in [2.05, 4.69) is 42.7 Å². The molecule has 0 heterocycles. The molecule has 0 bridgehead atoms. The monoisotopic (exact) mass is 278 g/mol. The summed E-state index contributed by atoms with van der Waals surface area (Å²) < 4.78 is 0. The van der Waals surface area contributed by atoms with E-state index in [9.17, 15) is 5.11 Å². The molecular formula is C17H30N2O. The van der Waals surface area contributed by atoms with Crippen LogP contribution in [0.4, 0.5) is 0 Å². The number of hydrogen-bond acceptors (Lipinski definition) is 3. The third-order valence-electron chi connectivity index (χ3n) is 3.91. The fraction of sp³-hybridized carbons (Fsp3) is 0.647. The summed E-state index contributed by atoms with van der Waals surface area (Å²) in [4.78, 5) is 4.19. The molecule has 0 saturated heterocycles. The van der Waals surface area contributed by atoms with Crippen LogP contribution >= 0.6 is 0 Å². The molecule has 0 saturated carbocycles. The second-order valence-corrected chi connectivity index (χ2v) is 6.86. The Hall–Kier alpha value is -1.06. The third-order valence-corrected chi connectivity index (χ3v) is 3.91. The van der Waals surface area contributed by atoms with Crippen molar-refractivity contribution in [2.75, 3.05) is 28.2 Å². The highest BCUT2D eigenvalue weighted by Crippen LogP contribution is 2.34. The number of benzene rings is 1. The molecule has 0 aliphatic heterocycles. The van der Waals surface area contributed by atoms with Gasteiger partial charge in [0, 0.05) is 24.2 Å². The largest absolute Gasteiger partial charge is 0.507 e. The van der Waals surface area contributed by atoms with Crippen molar-refractivity contribution in [3.8, 4) is 5.75 Å². The smallest absolute Gasteiger partial charge is 0.124 e. The van der Waals surface area contributed by atoms with Gasteiger partial charge in [-0.1, -0.05) is 32.9 Å². The van der Waals surface area contributed by atoms with Crippen molar-refractivity contribution in [2.45, 2.75) is 45.7 Å². The molecule has 1 N–H and O–H groups in total. The molecule has 0 spiro atoms. The first-order chi connectivity index (χ1) is 9.17. The van der Waals surface area contributed by atoms with Crippen molar-refractivity contribution < 1.29 is 5.11 Å². The highest BCUT2D eigenvalue weighted by Gasteiger charge is 2.21. The Morgan fingerprint density at radius 3 is 1.65 bits per heavy atom. The number of rotatable bonds is 6. The Bertz CT molecular complexity index is 419. The molecule has 1 aromatic carbocycles. The first-order valence-corrected chi connectivity index (χ1v) is 7.32. The molecule has 1 rings (SSSR count). The predicted molar refractivity (Wildman–Crippen MR) is 86.2 cm³/mol. The van der Waals surface area contributed by atoms with Crippen molar-refractivity contribution in [1.29, 1.82) is 0 Å². The molecule has 3 nitrogen and oxygen atoms in total. The van der Waals surface area contributed by atoms with Gasteiger partial charge in [-0.15, -0.1) is 0 Å². The summed E-state index contributed by atoms with van der Waals surface area (Å²) in [6.45, 7) is 8.26. The van der Waals surface area contributed by atoms with Crippen LogP contribution in [0.15, 0.2) is 12.1 Å². The molecule has 20 heavy (non-hydrogen) atoms. The van der Waals surface area contributed by atoms with Gasteiger partial charge in [0.2, 0.25) is 0 Å². The molecule has 0 fully saturated rings. The van der Waals surface area contributed by atoms with Crippen molar-refractivity contribution >= 4 is 0 Å². The minimum atomic E-state index is 0.135. The standard InChI is InChI=1S/C17H30N2O/c1-8-17(2,3)15-9-13(11-18(4)5)16(20)14(10-15)12-19(6)7/h9-10,20H,8,11-12H2,1-7H3. The van der Waals surface area contributed by atoms with Gasteiger partial charge >= 0.3 is 0 Å². The Kier molecular flexibility index (Phi) is 5.60. The first kappa shape index (κ1) is 17.0. The van der Waals surface area contributed by atoms with Gasteiger partial charge in [-0.05, 0) is 45.6 Å². The van der Waals surface area contributed by atoms with Crippen molar-refractivity contribution in [1.82, 2.24) is 9.80 Å². The molecule has 0 atom stereocenters. The minimum absolute atomic E-state index is 0.135. The second kappa shape index (κ2) is 6.59. The van der Waals surface area contributed by atoms with Crippen molar-refractivity contribution in [3.63, 3.8) is 0 Å². The average Bonchev–Trinajstić information content (AvgIpc) is 2.32. The van der Waals surface area contributed by atoms with Crippen LogP contribution in [0.3, 0.4) is 0 Å². The zero-order valence-corrected chi connectivity index (χ0v) is 14.1. The number of nitrogens with zero attached hydrogens (tertiary/aromatic N) is 2. The second-order valence-electron chi connectivity index (χ2n) is 6.86. The lowest BCUT2D eigenvalue weighted by molar-refractivity contribution is 0.366.